The Kier molecular flexibility index (Phi) is 6.90. The van der Waals surface area contributed by atoms with Crippen molar-refractivity contribution in [3.8, 4) is 5.75 Å². The van der Waals surface area contributed by atoms with E-state index in [1.54, 1.807) is 42.8 Å². The maximum atomic E-state index is 13.4. The molecule has 2 aromatic heterocycles. The van der Waals surface area contributed by atoms with Gasteiger partial charge in [-0.2, -0.15) is 5.10 Å². The molecule has 0 radical (unpaired) electrons. The van der Waals surface area contributed by atoms with Gasteiger partial charge < -0.3 is 14.6 Å². The average Bonchev–Trinajstić information content (AvgIpc) is 3.29. The molecule has 176 valence electrons. The zero-order chi connectivity index (χ0) is 24.4. The van der Waals surface area contributed by atoms with E-state index in [-0.39, 0.29) is 12.3 Å². The number of anilines is 1. The molecule has 7 nitrogen and oxygen atoms in total. The number of hydrogen-bond acceptors (Lipinski definition) is 5. The molecule has 0 saturated carbocycles. The van der Waals surface area contributed by atoms with E-state index < -0.39 is 11.7 Å². The molecule has 2 aromatic carbocycles. The molecule has 0 fully saturated rings. The van der Waals surface area contributed by atoms with Gasteiger partial charge in [-0.05, 0) is 50.6 Å². The highest BCUT2D eigenvalue weighted by molar-refractivity contribution is 6.42. The van der Waals surface area contributed by atoms with Crippen LogP contribution >= 0.6 is 23.2 Å². The van der Waals surface area contributed by atoms with Crippen LogP contribution in [-0.4, -0.2) is 20.8 Å². The molecule has 0 aliphatic heterocycles. The third-order valence-electron chi connectivity index (χ3n) is 5.32. The first-order chi connectivity index (χ1) is 16.2. The first kappa shape index (κ1) is 23.8. The van der Waals surface area contributed by atoms with Crippen molar-refractivity contribution in [2.75, 3.05) is 5.32 Å². The van der Waals surface area contributed by atoms with Gasteiger partial charge in [0.25, 0.3) is 5.91 Å². The molecular formula is C24H21Cl2FN4O3. The van der Waals surface area contributed by atoms with E-state index >= 15 is 0 Å². The van der Waals surface area contributed by atoms with Crippen LogP contribution in [0.1, 0.15) is 38.8 Å². The highest BCUT2D eigenvalue weighted by Gasteiger charge is 2.23. The van der Waals surface area contributed by atoms with Gasteiger partial charge in [0.1, 0.15) is 23.9 Å². The fraction of sp³-hybridized carbons (Fsp3) is 0.208. The summed E-state index contributed by atoms with van der Waals surface area (Å²) in [5, 5.41) is 12.3. The number of aromatic nitrogens is 3. The highest BCUT2D eigenvalue weighted by Crippen LogP contribution is 2.26. The van der Waals surface area contributed by atoms with Crippen molar-refractivity contribution in [1.29, 1.82) is 0 Å². The first-order valence-electron chi connectivity index (χ1n) is 10.4. The molecule has 0 aliphatic carbocycles. The summed E-state index contributed by atoms with van der Waals surface area (Å²) < 4.78 is 26.0. The van der Waals surface area contributed by atoms with Crippen LogP contribution in [0.15, 0.2) is 47.0 Å². The zero-order valence-electron chi connectivity index (χ0n) is 18.7. The maximum Gasteiger partial charge on any atom is 0.278 e. The Morgan fingerprint density at radius 2 is 1.94 bits per heavy atom. The minimum absolute atomic E-state index is 0.00388. The van der Waals surface area contributed by atoms with E-state index in [0.29, 0.717) is 45.0 Å². The normalized spacial score (nSPS) is 11.0. The molecule has 1 amide bonds. The fourth-order valence-corrected chi connectivity index (χ4v) is 3.79. The molecule has 10 heteroatoms. The fourth-order valence-electron chi connectivity index (χ4n) is 3.47. The molecule has 2 heterocycles. The van der Waals surface area contributed by atoms with Gasteiger partial charge in [-0.1, -0.05) is 40.5 Å². The zero-order valence-corrected chi connectivity index (χ0v) is 20.2. The second kappa shape index (κ2) is 9.87. The molecule has 34 heavy (non-hydrogen) atoms. The Hall–Kier alpha value is -3.36. The van der Waals surface area contributed by atoms with Crippen LogP contribution in [0.4, 0.5) is 10.1 Å². The summed E-state index contributed by atoms with van der Waals surface area (Å²) in [4.78, 5) is 13.0. The number of carbonyl (C=O) groups is 1. The van der Waals surface area contributed by atoms with E-state index in [4.69, 9.17) is 32.5 Å². The van der Waals surface area contributed by atoms with Crippen molar-refractivity contribution in [2.24, 2.45) is 0 Å². The Bertz CT molecular complexity index is 1370. The lowest BCUT2D eigenvalue weighted by Crippen LogP contribution is -2.16. The Balaban J connectivity index is 1.51. The number of carbonyl (C=O) groups excluding carboxylic acids is 1. The molecule has 0 saturated heterocycles. The van der Waals surface area contributed by atoms with E-state index in [2.05, 4.69) is 15.6 Å². The van der Waals surface area contributed by atoms with Gasteiger partial charge in [0.15, 0.2) is 5.69 Å². The predicted molar refractivity (Wildman–Crippen MR) is 127 cm³/mol. The molecule has 4 rings (SSSR count). The van der Waals surface area contributed by atoms with Crippen LogP contribution in [0.3, 0.4) is 0 Å². The van der Waals surface area contributed by atoms with Crippen molar-refractivity contribution in [2.45, 2.75) is 33.9 Å². The lowest BCUT2D eigenvalue weighted by atomic mass is 10.2. The Morgan fingerprint density at radius 3 is 2.68 bits per heavy atom. The molecule has 0 atom stereocenters. The van der Waals surface area contributed by atoms with Crippen molar-refractivity contribution in [3.63, 3.8) is 0 Å². The Labute approximate surface area is 205 Å². The molecule has 0 bridgehead atoms. The lowest BCUT2D eigenvalue weighted by molar-refractivity contribution is 0.101. The molecule has 4 aromatic rings. The summed E-state index contributed by atoms with van der Waals surface area (Å²) in [5.74, 6) is -0.108. The van der Waals surface area contributed by atoms with Crippen LogP contribution in [0.5, 0.6) is 5.75 Å². The van der Waals surface area contributed by atoms with Gasteiger partial charge in [0, 0.05) is 6.07 Å². The maximum absolute atomic E-state index is 13.4. The standard InChI is InChI=1S/C24H21Cl2FN4O3/c1-13-22(14(2)31(29-13)11-16-7-8-20(25)21(26)9-16)28-24(32)23-19(15(3)34-30-23)12-33-18-6-4-5-17(27)10-18/h4-10H,11-12H2,1-3H3,(H,28,32). The van der Waals surface area contributed by atoms with Gasteiger partial charge >= 0.3 is 0 Å². The highest BCUT2D eigenvalue weighted by atomic mass is 35.5. The van der Waals surface area contributed by atoms with Gasteiger partial charge in [-0.3, -0.25) is 9.48 Å². The number of aryl methyl sites for hydroxylation is 2. The average molecular weight is 503 g/mol. The van der Waals surface area contributed by atoms with Crippen LogP contribution in [0, 0.1) is 26.6 Å². The van der Waals surface area contributed by atoms with Gasteiger partial charge in [-0.15, -0.1) is 0 Å². The number of hydrogen-bond donors (Lipinski definition) is 1. The minimum atomic E-state index is -0.463. The van der Waals surface area contributed by atoms with Crippen molar-refractivity contribution < 1.29 is 18.4 Å². The summed E-state index contributed by atoms with van der Waals surface area (Å²) in [5.41, 5.74) is 3.45. The van der Waals surface area contributed by atoms with Crippen LogP contribution in [0.2, 0.25) is 10.0 Å². The number of benzene rings is 2. The number of halogens is 3. The van der Waals surface area contributed by atoms with Crippen molar-refractivity contribution in [1.82, 2.24) is 14.9 Å². The molecule has 1 N–H and O–H groups in total. The van der Waals surface area contributed by atoms with Gasteiger partial charge in [0.05, 0.1) is 39.2 Å². The summed E-state index contributed by atoms with van der Waals surface area (Å²) in [6.45, 7) is 5.79. The van der Waals surface area contributed by atoms with Crippen LogP contribution in [0.25, 0.3) is 0 Å². The van der Waals surface area contributed by atoms with Crippen LogP contribution in [-0.2, 0) is 13.2 Å². The number of ether oxygens (including phenoxy) is 1. The number of nitrogens with zero attached hydrogens (tertiary/aromatic N) is 3. The summed E-state index contributed by atoms with van der Waals surface area (Å²) in [6, 6.07) is 11.1. The molecule has 0 aliphatic rings. The smallest absolute Gasteiger partial charge is 0.278 e. The number of nitrogens with one attached hydrogen (secondary N) is 1. The van der Waals surface area contributed by atoms with E-state index in [1.807, 2.05) is 13.0 Å². The molecular weight excluding hydrogens is 482 g/mol. The quantitative estimate of drug-likeness (QED) is 0.329. The summed E-state index contributed by atoms with van der Waals surface area (Å²) in [7, 11) is 0. The van der Waals surface area contributed by atoms with E-state index in [1.165, 1.54) is 12.1 Å². The number of rotatable bonds is 7. The summed E-state index contributed by atoms with van der Waals surface area (Å²) in [6.07, 6.45) is 0. The Morgan fingerprint density at radius 1 is 1.15 bits per heavy atom. The topological polar surface area (TPSA) is 82.2 Å². The van der Waals surface area contributed by atoms with Crippen LogP contribution < -0.4 is 10.1 Å². The summed E-state index contributed by atoms with van der Waals surface area (Å²) >= 11 is 12.1. The van der Waals surface area contributed by atoms with Gasteiger partial charge in [-0.25, -0.2) is 4.39 Å². The SMILES string of the molecule is Cc1nn(Cc2ccc(Cl)c(Cl)c2)c(C)c1NC(=O)c1noc(C)c1COc1cccc(F)c1. The second-order valence-electron chi connectivity index (χ2n) is 7.72. The third-order valence-corrected chi connectivity index (χ3v) is 6.05. The van der Waals surface area contributed by atoms with Crippen molar-refractivity contribution in [3.05, 3.63) is 92.3 Å². The van der Waals surface area contributed by atoms with E-state index in [0.717, 1.165) is 11.3 Å². The third kappa shape index (κ3) is 5.08. The predicted octanol–water partition coefficient (Wildman–Crippen LogP) is 6.12. The van der Waals surface area contributed by atoms with Crippen molar-refractivity contribution >= 4 is 34.8 Å². The minimum Gasteiger partial charge on any atom is -0.489 e. The number of amides is 1. The molecule has 0 spiro atoms. The van der Waals surface area contributed by atoms with E-state index in [9.17, 15) is 9.18 Å². The second-order valence-corrected chi connectivity index (χ2v) is 8.53. The largest absolute Gasteiger partial charge is 0.489 e. The molecule has 0 unspecified atom stereocenters. The monoisotopic (exact) mass is 502 g/mol. The van der Waals surface area contributed by atoms with Gasteiger partial charge in [0.2, 0.25) is 0 Å². The lowest BCUT2D eigenvalue weighted by Gasteiger charge is -2.09. The first-order valence-corrected chi connectivity index (χ1v) is 11.1.